The fourth-order valence-electron chi connectivity index (χ4n) is 1.35. The summed E-state index contributed by atoms with van der Waals surface area (Å²) in [4.78, 5) is 0.180. The highest BCUT2D eigenvalue weighted by Gasteiger charge is 2.28. The van der Waals surface area contributed by atoms with Crippen LogP contribution in [-0.4, -0.2) is 27.8 Å². The minimum absolute atomic E-state index is 0.0556. The standard InChI is InChI=1S/C12H16F3NOS2/c1-9(19(2)17)7-16-8-10-3-5-11(6-4-10)18-12(13,14)15/h3-6,9,16H,7-8H2,1-2H3. The van der Waals surface area contributed by atoms with Crippen molar-refractivity contribution in [2.24, 2.45) is 0 Å². The van der Waals surface area contributed by atoms with Gasteiger partial charge in [0.25, 0.3) is 0 Å². The SMILES string of the molecule is CC(CNCc1ccc(SC(F)(F)F)cc1)S(C)=O. The van der Waals surface area contributed by atoms with Gasteiger partial charge in [0, 0.05) is 40.3 Å². The quantitative estimate of drug-likeness (QED) is 0.818. The van der Waals surface area contributed by atoms with Crippen LogP contribution in [0.25, 0.3) is 0 Å². The van der Waals surface area contributed by atoms with Crippen LogP contribution in [0.4, 0.5) is 13.2 Å². The highest BCUT2D eigenvalue weighted by atomic mass is 32.2. The molecule has 0 bridgehead atoms. The molecule has 0 aliphatic rings. The molecule has 0 fully saturated rings. The highest BCUT2D eigenvalue weighted by molar-refractivity contribution is 8.00. The lowest BCUT2D eigenvalue weighted by molar-refractivity contribution is -0.0328. The van der Waals surface area contributed by atoms with Crippen LogP contribution in [0, 0.1) is 0 Å². The van der Waals surface area contributed by atoms with Gasteiger partial charge in [-0.2, -0.15) is 13.2 Å². The number of alkyl halides is 3. The van der Waals surface area contributed by atoms with E-state index >= 15 is 0 Å². The van der Waals surface area contributed by atoms with Crippen molar-refractivity contribution in [1.29, 1.82) is 0 Å². The second-order valence-corrected chi connectivity index (χ2v) is 7.07. The van der Waals surface area contributed by atoms with E-state index in [1.54, 1.807) is 18.4 Å². The highest BCUT2D eigenvalue weighted by Crippen LogP contribution is 2.36. The van der Waals surface area contributed by atoms with Gasteiger partial charge in [-0.25, -0.2) is 0 Å². The zero-order valence-corrected chi connectivity index (χ0v) is 12.3. The van der Waals surface area contributed by atoms with E-state index in [-0.39, 0.29) is 21.9 Å². The molecule has 0 amide bonds. The van der Waals surface area contributed by atoms with Gasteiger partial charge in [-0.3, -0.25) is 4.21 Å². The maximum absolute atomic E-state index is 12.1. The van der Waals surface area contributed by atoms with E-state index in [4.69, 9.17) is 0 Å². The van der Waals surface area contributed by atoms with Gasteiger partial charge in [0.15, 0.2) is 0 Å². The van der Waals surface area contributed by atoms with Crippen LogP contribution in [-0.2, 0) is 17.3 Å². The zero-order chi connectivity index (χ0) is 14.5. The van der Waals surface area contributed by atoms with Gasteiger partial charge < -0.3 is 5.32 Å². The minimum Gasteiger partial charge on any atom is -0.311 e. The fourth-order valence-corrected chi connectivity index (χ4v) is 2.24. The van der Waals surface area contributed by atoms with Gasteiger partial charge >= 0.3 is 5.51 Å². The third-order valence-electron chi connectivity index (χ3n) is 2.48. The lowest BCUT2D eigenvalue weighted by Gasteiger charge is -2.10. The maximum Gasteiger partial charge on any atom is 0.446 e. The number of hydrogen-bond donors (Lipinski definition) is 1. The monoisotopic (exact) mass is 311 g/mol. The van der Waals surface area contributed by atoms with Crippen LogP contribution in [0.1, 0.15) is 12.5 Å². The molecule has 2 unspecified atom stereocenters. The Hall–Kier alpha value is -0.530. The molecule has 0 saturated heterocycles. The van der Waals surface area contributed by atoms with Crippen LogP contribution >= 0.6 is 11.8 Å². The number of benzene rings is 1. The predicted molar refractivity (Wildman–Crippen MR) is 73.6 cm³/mol. The Morgan fingerprint density at radius 2 is 1.89 bits per heavy atom. The Labute approximate surface area is 117 Å². The predicted octanol–water partition coefficient (Wildman–Crippen LogP) is 3.16. The first kappa shape index (κ1) is 16.5. The molecule has 1 aromatic carbocycles. The number of thioether (sulfide) groups is 1. The molecule has 0 heterocycles. The topological polar surface area (TPSA) is 29.1 Å². The van der Waals surface area contributed by atoms with Crippen LogP contribution in [0.5, 0.6) is 0 Å². The fraction of sp³-hybridized carbons (Fsp3) is 0.500. The number of halogens is 3. The first-order valence-electron chi connectivity index (χ1n) is 5.65. The van der Waals surface area contributed by atoms with Gasteiger partial charge in [0.05, 0.1) is 0 Å². The van der Waals surface area contributed by atoms with Crippen molar-refractivity contribution in [1.82, 2.24) is 5.32 Å². The normalized spacial score (nSPS) is 15.2. The molecular formula is C12H16F3NOS2. The summed E-state index contributed by atoms with van der Waals surface area (Å²) in [5.74, 6) is 0. The van der Waals surface area contributed by atoms with E-state index in [9.17, 15) is 17.4 Å². The Morgan fingerprint density at radius 1 is 1.32 bits per heavy atom. The van der Waals surface area contributed by atoms with Gasteiger partial charge in [0.1, 0.15) is 0 Å². The average Bonchev–Trinajstić information content (AvgIpc) is 2.29. The van der Waals surface area contributed by atoms with E-state index < -0.39 is 16.3 Å². The van der Waals surface area contributed by atoms with Crippen LogP contribution in [0.3, 0.4) is 0 Å². The molecule has 0 aromatic heterocycles. The smallest absolute Gasteiger partial charge is 0.311 e. The first-order chi connectivity index (χ1) is 8.78. The Balaban J connectivity index is 2.42. The van der Waals surface area contributed by atoms with Crippen molar-refractivity contribution in [3.8, 4) is 0 Å². The second kappa shape index (κ2) is 7.31. The molecule has 19 heavy (non-hydrogen) atoms. The Kier molecular flexibility index (Phi) is 6.35. The Morgan fingerprint density at radius 3 is 2.37 bits per heavy atom. The van der Waals surface area contributed by atoms with Crippen molar-refractivity contribution >= 4 is 22.6 Å². The molecule has 2 nitrogen and oxygen atoms in total. The molecule has 1 aromatic rings. The summed E-state index contributed by atoms with van der Waals surface area (Å²) in [6, 6.07) is 6.23. The molecule has 0 saturated carbocycles. The summed E-state index contributed by atoms with van der Waals surface area (Å²) >= 11 is -0.119. The van der Waals surface area contributed by atoms with Crippen LogP contribution in [0.2, 0.25) is 0 Å². The van der Waals surface area contributed by atoms with Crippen molar-refractivity contribution in [3.05, 3.63) is 29.8 Å². The lowest BCUT2D eigenvalue weighted by Crippen LogP contribution is -2.27. The average molecular weight is 311 g/mol. The molecule has 0 radical (unpaired) electrons. The van der Waals surface area contributed by atoms with Gasteiger partial charge in [-0.15, -0.1) is 0 Å². The summed E-state index contributed by atoms with van der Waals surface area (Å²) in [6.07, 6.45) is 1.65. The summed E-state index contributed by atoms with van der Waals surface area (Å²) in [7, 11) is -0.874. The van der Waals surface area contributed by atoms with Gasteiger partial charge in [0.2, 0.25) is 0 Å². The van der Waals surface area contributed by atoms with E-state index in [1.165, 1.54) is 12.1 Å². The van der Waals surface area contributed by atoms with Crippen molar-refractivity contribution in [3.63, 3.8) is 0 Å². The summed E-state index contributed by atoms with van der Waals surface area (Å²) in [5.41, 5.74) is -3.35. The first-order valence-corrected chi connectivity index (χ1v) is 8.09. The molecule has 0 spiro atoms. The molecule has 7 heteroatoms. The number of hydrogen-bond acceptors (Lipinski definition) is 3. The van der Waals surface area contributed by atoms with E-state index in [1.807, 2.05) is 6.92 Å². The lowest BCUT2D eigenvalue weighted by atomic mass is 10.2. The summed E-state index contributed by atoms with van der Waals surface area (Å²) in [6.45, 7) is 3.05. The van der Waals surface area contributed by atoms with Gasteiger partial charge in [-0.1, -0.05) is 12.1 Å². The van der Waals surface area contributed by atoms with Crippen molar-refractivity contribution in [2.45, 2.75) is 29.1 Å². The van der Waals surface area contributed by atoms with Crippen molar-refractivity contribution in [2.75, 3.05) is 12.8 Å². The van der Waals surface area contributed by atoms with Crippen molar-refractivity contribution < 1.29 is 17.4 Å². The van der Waals surface area contributed by atoms with Gasteiger partial charge in [-0.05, 0) is 36.4 Å². The molecule has 1 N–H and O–H groups in total. The molecule has 0 aliphatic heterocycles. The molecule has 1 rings (SSSR count). The summed E-state index contributed by atoms with van der Waals surface area (Å²) in [5, 5.41) is 3.18. The molecule has 2 atom stereocenters. The Bertz CT molecular complexity index is 420. The number of nitrogens with one attached hydrogen (secondary N) is 1. The molecule has 108 valence electrons. The maximum atomic E-state index is 12.1. The molecular weight excluding hydrogens is 295 g/mol. The minimum atomic E-state index is -4.25. The summed E-state index contributed by atoms with van der Waals surface area (Å²) < 4.78 is 47.5. The van der Waals surface area contributed by atoms with E-state index in [0.29, 0.717) is 13.1 Å². The molecule has 0 aliphatic carbocycles. The third kappa shape index (κ3) is 6.98. The number of rotatable bonds is 6. The zero-order valence-electron chi connectivity index (χ0n) is 10.7. The van der Waals surface area contributed by atoms with E-state index in [0.717, 1.165) is 5.56 Å². The van der Waals surface area contributed by atoms with E-state index in [2.05, 4.69) is 5.32 Å². The third-order valence-corrected chi connectivity index (χ3v) is 4.52. The largest absolute Gasteiger partial charge is 0.446 e. The second-order valence-electron chi connectivity index (χ2n) is 4.13. The van der Waals surface area contributed by atoms with Crippen LogP contribution < -0.4 is 5.32 Å². The van der Waals surface area contributed by atoms with Crippen LogP contribution in [0.15, 0.2) is 29.2 Å².